The van der Waals surface area contributed by atoms with Gasteiger partial charge in [0.1, 0.15) is 5.60 Å². The van der Waals surface area contributed by atoms with Gasteiger partial charge in [0.25, 0.3) is 0 Å². The van der Waals surface area contributed by atoms with Gasteiger partial charge in [0, 0.05) is 12.8 Å². The van der Waals surface area contributed by atoms with Crippen LogP contribution in [0.15, 0.2) is 54.6 Å². The van der Waals surface area contributed by atoms with Crippen molar-refractivity contribution in [3.05, 3.63) is 77.3 Å². The van der Waals surface area contributed by atoms with Crippen molar-refractivity contribution >= 4 is 5.69 Å². The van der Waals surface area contributed by atoms with Crippen LogP contribution < -0.4 is 0 Å². The lowest BCUT2D eigenvalue weighted by atomic mass is 9.79. The van der Waals surface area contributed by atoms with Crippen molar-refractivity contribution in [1.29, 1.82) is 0 Å². The molecule has 1 aromatic heterocycles. The van der Waals surface area contributed by atoms with Crippen LogP contribution >= 0.6 is 0 Å². The minimum absolute atomic E-state index is 0.0266. The van der Waals surface area contributed by atoms with Gasteiger partial charge >= 0.3 is 0 Å². The van der Waals surface area contributed by atoms with Gasteiger partial charge in [-0.15, -0.1) is 0 Å². The number of ether oxygens (including phenoxy) is 2. The Labute approximate surface area is 186 Å². The van der Waals surface area contributed by atoms with Crippen LogP contribution in [-0.2, 0) is 21.7 Å². The van der Waals surface area contributed by atoms with Crippen molar-refractivity contribution in [3.63, 3.8) is 0 Å². The summed E-state index contributed by atoms with van der Waals surface area (Å²) >= 11 is 0. The Morgan fingerprint density at radius 3 is 2.22 bits per heavy atom. The maximum absolute atomic E-state index is 11.5. The Morgan fingerprint density at radius 1 is 0.969 bits per heavy atom. The molecule has 0 unspecified atom stereocenters. The smallest absolute Gasteiger partial charge is 0.187 e. The van der Waals surface area contributed by atoms with E-state index in [2.05, 4.69) is 4.85 Å². The Balaban J connectivity index is 1.53. The number of aliphatic hydroxyl groups is 2. The van der Waals surface area contributed by atoms with Gasteiger partial charge in [0.05, 0.1) is 43.5 Å². The fourth-order valence-electron chi connectivity index (χ4n) is 4.55. The monoisotopic (exact) mass is 431 g/mol. The number of hydrogen-bond donors (Lipinski definition) is 2. The van der Waals surface area contributed by atoms with Crippen LogP contribution in [0.25, 0.3) is 21.8 Å². The lowest BCUT2D eigenvalue weighted by Crippen LogP contribution is -2.42. The topological polar surface area (TPSA) is 81.1 Å². The van der Waals surface area contributed by atoms with Crippen molar-refractivity contribution < 1.29 is 19.7 Å². The predicted octanol–water partition coefficient (Wildman–Crippen LogP) is 4.09. The van der Waals surface area contributed by atoms with Gasteiger partial charge < -0.3 is 19.7 Å². The molecule has 5 rings (SSSR count). The first kappa shape index (κ1) is 20.9. The van der Waals surface area contributed by atoms with Gasteiger partial charge in [0.2, 0.25) is 0 Å². The summed E-state index contributed by atoms with van der Waals surface area (Å²) in [5.41, 5.74) is 3.49. The maximum Gasteiger partial charge on any atom is 0.187 e. The fourth-order valence-corrected chi connectivity index (χ4v) is 4.55. The number of benzene rings is 2. The molecule has 1 spiro atoms. The van der Waals surface area contributed by atoms with Gasteiger partial charge in [-0.05, 0) is 42.2 Å². The molecule has 2 N–H and O–H groups in total. The molecule has 2 aromatic carbocycles. The molecule has 2 aliphatic rings. The van der Waals surface area contributed by atoms with Gasteiger partial charge in [-0.3, -0.25) is 0 Å². The average molecular weight is 431 g/mol. The summed E-state index contributed by atoms with van der Waals surface area (Å²) in [7, 11) is 0. The zero-order valence-electron chi connectivity index (χ0n) is 17.7. The molecular weight excluding hydrogens is 406 g/mol. The lowest BCUT2D eigenvalue weighted by molar-refractivity contribution is -0.204. The Kier molecular flexibility index (Phi) is 5.31. The van der Waals surface area contributed by atoms with Crippen LogP contribution in [-0.4, -0.2) is 39.0 Å². The molecule has 32 heavy (non-hydrogen) atoms. The molecular formula is C25H25N3O4. The second-order valence-corrected chi connectivity index (χ2v) is 8.45. The highest BCUT2D eigenvalue weighted by Crippen LogP contribution is 2.45. The molecule has 0 amide bonds. The first-order chi connectivity index (χ1) is 15.5. The fraction of sp³-hybridized carbons (Fsp3) is 0.360. The Bertz CT molecular complexity index is 1130. The molecule has 1 aliphatic heterocycles. The highest BCUT2D eigenvalue weighted by Gasteiger charge is 2.47. The van der Waals surface area contributed by atoms with E-state index in [9.17, 15) is 10.2 Å². The Morgan fingerprint density at radius 2 is 1.62 bits per heavy atom. The summed E-state index contributed by atoms with van der Waals surface area (Å²) in [5.74, 6) is -0.562. The van der Waals surface area contributed by atoms with Crippen molar-refractivity contribution in [2.24, 2.45) is 0 Å². The summed E-state index contributed by atoms with van der Waals surface area (Å²) in [4.78, 5) is 3.47. The summed E-state index contributed by atoms with van der Waals surface area (Å²) < 4.78 is 13.5. The molecule has 1 saturated heterocycles. The van der Waals surface area contributed by atoms with E-state index in [-0.39, 0.29) is 6.61 Å². The lowest BCUT2D eigenvalue weighted by Gasteiger charge is -2.39. The zero-order chi connectivity index (χ0) is 22.2. The SMILES string of the molecule is [C-]#[N+]c1ccc(-c2cc(C3(O)CCC4(CC3)OCCO4)nn2-c2ccc(CO)cc2)cc1. The van der Waals surface area contributed by atoms with E-state index in [1.807, 2.05) is 47.1 Å². The first-order valence-corrected chi connectivity index (χ1v) is 10.8. The van der Waals surface area contributed by atoms with E-state index in [4.69, 9.17) is 21.1 Å². The average Bonchev–Trinajstić information content (AvgIpc) is 3.50. The summed E-state index contributed by atoms with van der Waals surface area (Å²) in [6, 6.07) is 16.8. The third kappa shape index (κ3) is 3.72. The molecule has 0 bridgehead atoms. The van der Waals surface area contributed by atoms with Crippen LogP contribution in [0.1, 0.15) is 36.9 Å². The molecule has 1 aliphatic carbocycles. The van der Waals surface area contributed by atoms with Gasteiger partial charge in [-0.1, -0.05) is 36.4 Å². The minimum Gasteiger partial charge on any atom is -0.392 e. The number of aromatic nitrogens is 2. The third-order valence-corrected chi connectivity index (χ3v) is 6.49. The summed E-state index contributed by atoms with van der Waals surface area (Å²) in [6.07, 6.45) is 2.25. The number of nitrogens with zero attached hydrogens (tertiary/aromatic N) is 3. The van der Waals surface area contributed by atoms with E-state index in [1.54, 1.807) is 12.1 Å². The van der Waals surface area contributed by atoms with E-state index in [1.165, 1.54) is 0 Å². The van der Waals surface area contributed by atoms with Gasteiger partial charge in [-0.2, -0.15) is 5.10 Å². The molecule has 0 radical (unpaired) electrons. The number of rotatable bonds is 4. The van der Waals surface area contributed by atoms with Crippen LogP contribution in [0, 0.1) is 6.57 Å². The molecule has 7 nitrogen and oxygen atoms in total. The van der Waals surface area contributed by atoms with E-state index in [0.29, 0.717) is 50.3 Å². The molecule has 164 valence electrons. The van der Waals surface area contributed by atoms with Crippen LogP contribution in [0.3, 0.4) is 0 Å². The van der Waals surface area contributed by atoms with Gasteiger partial charge in [0.15, 0.2) is 11.5 Å². The van der Waals surface area contributed by atoms with E-state index in [0.717, 1.165) is 22.5 Å². The molecule has 7 heteroatoms. The highest BCUT2D eigenvalue weighted by molar-refractivity contribution is 5.66. The van der Waals surface area contributed by atoms with Crippen molar-refractivity contribution in [2.45, 2.75) is 43.7 Å². The largest absolute Gasteiger partial charge is 0.392 e. The quantitative estimate of drug-likeness (QED) is 0.608. The predicted molar refractivity (Wildman–Crippen MR) is 118 cm³/mol. The standard InChI is InChI=1S/C25H25N3O4/c1-26-20-6-4-19(5-7-20)22-16-23(27-28(22)21-8-2-18(17-29)3-9-21)24(30)10-12-25(13-11-24)31-14-15-32-25/h2-9,16,29-30H,10-15,17H2. The summed E-state index contributed by atoms with van der Waals surface area (Å²) in [6.45, 7) is 8.37. The second kappa shape index (κ2) is 8.15. The minimum atomic E-state index is -1.07. The van der Waals surface area contributed by atoms with Crippen LogP contribution in [0.4, 0.5) is 5.69 Å². The Hall–Kier alpha value is -3.02. The second-order valence-electron chi connectivity index (χ2n) is 8.45. The molecule has 2 heterocycles. The third-order valence-electron chi connectivity index (χ3n) is 6.49. The summed E-state index contributed by atoms with van der Waals surface area (Å²) in [5, 5.41) is 25.7. The van der Waals surface area contributed by atoms with Gasteiger partial charge in [-0.25, -0.2) is 9.53 Å². The highest BCUT2D eigenvalue weighted by atomic mass is 16.7. The van der Waals surface area contributed by atoms with E-state index >= 15 is 0 Å². The normalized spacial score (nSPS) is 19.2. The molecule has 3 aromatic rings. The maximum atomic E-state index is 11.5. The number of aliphatic hydroxyl groups excluding tert-OH is 1. The zero-order valence-corrected chi connectivity index (χ0v) is 17.7. The first-order valence-electron chi connectivity index (χ1n) is 10.8. The van der Waals surface area contributed by atoms with Crippen LogP contribution in [0.5, 0.6) is 0 Å². The molecule has 0 atom stereocenters. The number of hydrogen-bond acceptors (Lipinski definition) is 5. The molecule has 2 fully saturated rings. The van der Waals surface area contributed by atoms with Crippen molar-refractivity contribution in [2.75, 3.05) is 13.2 Å². The van der Waals surface area contributed by atoms with Crippen LogP contribution in [0.2, 0.25) is 0 Å². The van der Waals surface area contributed by atoms with Crippen molar-refractivity contribution in [3.8, 4) is 16.9 Å². The molecule has 1 saturated carbocycles. The van der Waals surface area contributed by atoms with E-state index < -0.39 is 11.4 Å². The van der Waals surface area contributed by atoms with Crippen molar-refractivity contribution in [1.82, 2.24) is 9.78 Å².